The molecular formula is C19H27NO2. The van der Waals surface area contributed by atoms with Crippen molar-refractivity contribution >= 4 is 5.91 Å². The molecule has 22 heavy (non-hydrogen) atoms. The number of rotatable bonds is 4. The number of carbonyl (C=O) groups excluding carboxylic acids is 1. The Morgan fingerprint density at radius 3 is 2.86 bits per heavy atom. The molecule has 0 aliphatic heterocycles. The standard InChI is InChI=1S/C19H27NO2/c1-13-5-3-8-18(14(13)2)20-19(21)12-22-17-10-9-15-6-4-7-16(15)11-17/h9-11,13-14,18H,3-8,12H2,1-2H3,(H,20,21)/t13-,14-,18+/m1/s1. The molecule has 2 aliphatic carbocycles. The first-order valence-electron chi connectivity index (χ1n) is 8.67. The zero-order chi connectivity index (χ0) is 15.5. The number of fused-ring (bicyclic) bond motifs is 1. The summed E-state index contributed by atoms with van der Waals surface area (Å²) in [5, 5.41) is 3.16. The van der Waals surface area contributed by atoms with Crippen molar-refractivity contribution in [2.75, 3.05) is 6.61 Å². The Hall–Kier alpha value is -1.51. The summed E-state index contributed by atoms with van der Waals surface area (Å²) in [7, 11) is 0. The Bertz CT molecular complexity index is 540. The van der Waals surface area contributed by atoms with Gasteiger partial charge in [0, 0.05) is 6.04 Å². The van der Waals surface area contributed by atoms with E-state index in [1.165, 1.54) is 36.8 Å². The van der Waals surface area contributed by atoms with Gasteiger partial charge in [0.2, 0.25) is 0 Å². The Morgan fingerprint density at radius 2 is 2.00 bits per heavy atom. The van der Waals surface area contributed by atoms with Gasteiger partial charge < -0.3 is 10.1 Å². The maximum Gasteiger partial charge on any atom is 0.258 e. The van der Waals surface area contributed by atoms with E-state index in [1.807, 2.05) is 6.07 Å². The van der Waals surface area contributed by atoms with E-state index < -0.39 is 0 Å². The summed E-state index contributed by atoms with van der Waals surface area (Å²) in [5.74, 6) is 2.07. The molecule has 1 fully saturated rings. The maximum absolute atomic E-state index is 12.1. The molecule has 0 bridgehead atoms. The van der Waals surface area contributed by atoms with Crippen molar-refractivity contribution in [3.63, 3.8) is 0 Å². The van der Waals surface area contributed by atoms with Gasteiger partial charge in [-0.3, -0.25) is 4.79 Å². The molecule has 3 heteroatoms. The summed E-state index contributed by atoms with van der Waals surface area (Å²) in [5.41, 5.74) is 2.81. The molecule has 0 heterocycles. The molecule has 3 nitrogen and oxygen atoms in total. The van der Waals surface area contributed by atoms with E-state index >= 15 is 0 Å². The van der Waals surface area contributed by atoms with Gasteiger partial charge in [-0.2, -0.15) is 0 Å². The van der Waals surface area contributed by atoms with Crippen molar-refractivity contribution < 1.29 is 9.53 Å². The molecule has 2 aliphatic rings. The number of aryl methyl sites for hydroxylation is 2. The summed E-state index contributed by atoms with van der Waals surface area (Å²) < 4.78 is 5.68. The SMILES string of the molecule is C[C@@H]1[C@H](C)CCC[C@@H]1NC(=O)COc1ccc2c(c1)CCC2. The van der Waals surface area contributed by atoms with Gasteiger partial charge in [0.1, 0.15) is 5.75 Å². The van der Waals surface area contributed by atoms with Gasteiger partial charge in [-0.15, -0.1) is 0 Å². The second-order valence-electron chi connectivity index (χ2n) is 7.01. The van der Waals surface area contributed by atoms with Gasteiger partial charge in [-0.1, -0.05) is 32.8 Å². The topological polar surface area (TPSA) is 38.3 Å². The third-order valence-electron chi connectivity index (χ3n) is 5.49. The van der Waals surface area contributed by atoms with Crippen LogP contribution < -0.4 is 10.1 Å². The van der Waals surface area contributed by atoms with E-state index in [-0.39, 0.29) is 12.5 Å². The molecule has 1 amide bonds. The van der Waals surface area contributed by atoms with Crippen LogP contribution in [0.2, 0.25) is 0 Å². The van der Waals surface area contributed by atoms with Gasteiger partial charge in [0.25, 0.3) is 5.91 Å². The molecule has 3 atom stereocenters. The van der Waals surface area contributed by atoms with E-state index in [1.54, 1.807) is 0 Å². The summed E-state index contributed by atoms with van der Waals surface area (Å²) in [6.07, 6.45) is 7.12. The highest BCUT2D eigenvalue weighted by molar-refractivity contribution is 5.77. The normalized spacial score (nSPS) is 27.3. The predicted molar refractivity (Wildman–Crippen MR) is 88.1 cm³/mol. The molecule has 1 aromatic rings. The smallest absolute Gasteiger partial charge is 0.258 e. The van der Waals surface area contributed by atoms with E-state index in [0.717, 1.165) is 18.6 Å². The third kappa shape index (κ3) is 3.45. The van der Waals surface area contributed by atoms with Crippen LogP contribution in [0, 0.1) is 11.8 Å². The van der Waals surface area contributed by atoms with Crippen molar-refractivity contribution in [2.24, 2.45) is 11.8 Å². The number of hydrogen-bond donors (Lipinski definition) is 1. The second kappa shape index (κ2) is 6.72. The molecule has 3 rings (SSSR count). The van der Waals surface area contributed by atoms with Gasteiger partial charge in [-0.05, 0) is 60.8 Å². The van der Waals surface area contributed by atoms with Crippen molar-refractivity contribution in [1.82, 2.24) is 5.32 Å². The lowest BCUT2D eigenvalue weighted by molar-refractivity contribution is -0.124. The van der Waals surface area contributed by atoms with Crippen molar-refractivity contribution in [3.05, 3.63) is 29.3 Å². The fourth-order valence-corrected chi connectivity index (χ4v) is 3.82. The Balaban J connectivity index is 1.50. The molecule has 0 spiro atoms. The van der Waals surface area contributed by atoms with Gasteiger partial charge in [0.05, 0.1) is 0 Å². The van der Waals surface area contributed by atoms with Crippen molar-refractivity contribution in [1.29, 1.82) is 0 Å². The number of carbonyl (C=O) groups is 1. The zero-order valence-corrected chi connectivity index (χ0v) is 13.7. The Kier molecular flexibility index (Phi) is 4.70. The molecular weight excluding hydrogens is 274 g/mol. The number of hydrogen-bond acceptors (Lipinski definition) is 2. The summed E-state index contributed by atoms with van der Waals surface area (Å²) >= 11 is 0. The largest absolute Gasteiger partial charge is 0.484 e. The van der Waals surface area contributed by atoms with Gasteiger partial charge in [-0.25, -0.2) is 0 Å². The number of ether oxygens (including phenoxy) is 1. The third-order valence-corrected chi connectivity index (χ3v) is 5.49. The molecule has 1 aromatic carbocycles. The van der Waals surface area contributed by atoms with E-state index in [0.29, 0.717) is 17.9 Å². The molecule has 1 saturated carbocycles. The second-order valence-corrected chi connectivity index (χ2v) is 7.01. The van der Waals surface area contributed by atoms with E-state index in [9.17, 15) is 4.79 Å². The first-order valence-corrected chi connectivity index (χ1v) is 8.67. The van der Waals surface area contributed by atoms with Crippen LogP contribution in [0.1, 0.15) is 50.7 Å². The Labute approximate surface area is 133 Å². The molecule has 0 unspecified atom stereocenters. The predicted octanol–water partition coefficient (Wildman–Crippen LogP) is 3.50. The average Bonchev–Trinajstić information content (AvgIpc) is 2.97. The van der Waals surface area contributed by atoms with Crippen LogP contribution >= 0.6 is 0 Å². The van der Waals surface area contributed by atoms with Gasteiger partial charge in [0.15, 0.2) is 6.61 Å². The highest BCUT2D eigenvalue weighted by Crippen LogP contribution is 2.29. The van der Waals surface area contributed by atoms with Crippen LogP contribution in [0.5, 0.6) is 5.75 Å². The summed E-state index contributed by atoms with van der Waals surface area (Å²) in [6, 6.07) is 6.53. The zero-order valence-electron chi connectivity index (χ0n) is 13.7. The minimum Gasteiger partial charge on any atom is -0.484 e. The average molecular weight is 301 g/mol. The monoisotopic (exact) mass is 301 g/mol. The fraction of sp³-hybridized carbons (Fsp3) is 0.632. The maximum atomic E-state index is 12.1. The van der Waals surface area contributed by atoms with Crippen LogP contribution in [-0.4, -0.2) is 18.6 Å². The molecule has 120 valence electrons. The number of nitrogens with one attached hydrogen (secondary N) is 1. The van der Waals surface area contributed by atoms with Crippen LogP contribution in [0.25, 0.3) is 0 Å². The summed E-state index contributed by atoms with van der Waals surface area (Å²) in [6.45, 7) is 4.65. The highest BCUT2D eigenvalue weighted by Gasteiger charge is 2.28. The van der Waals surface area contributed by atoms with Crippen LogP contribution in [-0.2, 0) is 17.6 Å². The number of benzene rings is 1. The van der Waals surface area contributed by atoms with Crippen LogP contribution in [0.4, 0.5) is 0 Å². The minimum atomic E-state index is 0.00597. The van der Waals surface area contributed by atoms with Crippen molar-refractivity contribution in [3.8, 4) is 5.75 Å². The van der Waals surface area contributed by atoms with Crippen LogP contribution in [0.3, 0.4) is 0 Å². The lowest BCUT2D eigenvalue weighted by Gasteiger charge is -2.34. The van der Waals surface area contributed by atoms with E-state index in [2.05, 4.69) is 31.3 Å². The van der Waals surface area contributed by atoms with E-state index in [4.69, 9.17) is 4.74 Å². The fourth-order valence-electron chi connectivity index (χ4n) is 3.82. The lowest BCUT2D eigenvalue weighted by Crippen LogP contribution is -2.45. The molecule has 0 aromatic heterocycles. The minimum absolute atomic E-state index is 0.00597. The first-order chi connectivity index (χ1) is 10.6. The summed E-state index contributed by atoms with van der Waals surface area (Å²) in [4.78, 5) is 12.1. The molecule has 0 radical (unpaired) electrons. The number of amides is 1. The molecule has 0 saturated heterocycles. The Morgan fingerprint density at radius 1 is 1.18 bits per heavy atom. The lowest BCUT2D eigenvalue weighted by atomic mass is 9.78. The quantitative estimate of drug-likeness (QED) is 0.924. The highest BCUT2D eigenvalue weighted by atomic mass is 16.5. The first kappa shape index (κ1) is 15.4. The molecule has 1 N–H and O–H groups in total. The van der Waals surface area contributed by atoms with Crippen molar-refractivity contribution in [2.45, 2.75) is 58.4 Å². The van der Waals surface area contributed by atoms with Crippen LogP contribution in [0.15, 0.2) is 18.2 Å². The van der Waals surface area contributed by atoms with Gasteiger partial charge >= 0.3 is 0 Å².